The zero-order valence-corrected chi connectivity index (χ0v) is 14.2. The third-order valence-electron chi connectivity index (χ3n) is 4.96. The lowest BCUT2D eigenvalue weighted by atomic mass is 9.91. The molecule has 1 aliphatic heterocycles. The SMILES string of the molecule is IC1CCC[C@@H]2c3ccccc3N(c3ccccc3)C2C1. The Kier molecular flexibility index (Phi) is 3.66. The van der Waals surface area contributed by atoms with E-state index < -0.39 is 0 Å². The van der Waals surface area contributed by atoms with Gasteiger partial charge in [-0.25, -0.2) is 0 Å². The summed E-state index contributed by atoms with van der Waals surface area (Å²) >= 11 is 2.66. The summed E-state index contributed by atoms with van der Waals surface area (Å²) in [5.41, 5.74) is 4.35. The van der Waals surface area contributed by atoms with Crippen molar-refractivity contribution in [2.24, 2.45) is 0 Å². The largest absolute Gasteiger partial charge is 0.337 e. The second-order valence-corrected chi connectivity index (χ2v) is 7.96. The summed E-state index contributed by atoms with van der Waals surface area (Å²) in [6, 6.07) is 20.6. The van der Waals surface area contributed by atoms with Crippen LogP contribution in [0.25, 0.3) is 0 Å². The van der Waals surface area contributed by atoms with E-state index in [0.29, 0.717) is 12.0 Å². The first-order chi connectivity index (χ1) is 10.3. The van der Waals surface area contributed by atoms with Gasteiger partial charge < -0.3 is 4.90 Å². The van der Waals surface area contributed by atoms with Gasteiger partial charge in [-0.2, -0.15) is 0 Å². The quantitative estimate of drug-likeness (QED) is 0.449. The first-order valence-corrected chi connectivity index (χ1v) is 9.16. The summed E-state index contributed by atoms with van der Waals surface area (Å²) in [6.07, 6.45) is 5.38. The minimum Gasteiger partial charge on any atom is -0.337 e. The standard InChI is InChI=1S/C19H20IN/c20-14-7-6-11-17-16-10-4-5-12-18(16)21(19(17)13-14)15-8-2-1-3-9-15/h1-5,8-10,12,14,17,19H,6-7,11,13H2/t14?,17-,19?/m1/s1. The van der Waals surface area contributed by atoms with Crippen LogP contribution in [0.2, 0.25) is 0 Å². The smallest absolute Gasteiger partial charge is 0.0449 e. The first kappa shape index (κ1) is 13.6. The van der Waals surface area contributed by atoms with E-state index >= 15 is 0 Å². The van der Waals surface area contributed by atoms with Crippen LogP contribution in [0.1, 0.15) is 37.2 Å². The Morgan fingerprint density at radius 1 is 0.905 bits per heavy atom. The molecule has 4 rings (SSSR count). The van der Waals surface area contributed by atoms with Crippen LogP contribution in [0.3, 0.4) is 0 Å². The number of rotatable bonds is 1. The van der Waals surface area contributed by atoms with Crippen molar-refractivity contribution in [3.05, 3.63) is 60.2 Å². The number of anilines is 2. The molecule has 2 heteroatoms. The lowest BCUT2D eigenvalue weighted by Gasteiger charge is -2.30. The van der Waals surface area contributed by atoms with Gasteiger partial charge in [-0.15, -0.1) is 0 Å². The molecule has 0 radical (unpaired) electrons. The van der Waals surface area contributed by atoms with E-state index in [-0.39, 0.29) is 0 Å². The molecule has 3 atom stereocenters. The van der Waals surface area contributed by atoms with E-state index in [1.165, 1.54) is 37.1 Å². The summed E-state index contributed by atoms with van der Waals surface area (Å²) in [4.78, 5) is 2.61. The van der Waals surface area contributed by atoms with Gasteiger partial charge in [0.1, 0.15) is 0 Å². The highest BCUT2D eigenvalue weighted by molar-refractivity contribution is 14.1. The van der Waals surface area contributed by atoms with Crippen molar-refractivity contribution in [1.82, 2.24) is 0 Å². The summed E-state index contributed by atoms with van der Waals surface area (Å²) in [7, 11) is 0. The maximum Gasteiger partial charge on any atom is 0.0449 e. The molecule has 0 N–H and O–H groups in total. The predicted octanol–water partition coefficient (Wildman–Crippen LogP) is 5.67. The van der Waals surface area contributed by atoms with Crippen molar-refractivity contribution < 1.29 is 0 Å². The second kappa shape index (κ2) is 5.64. The normalized spacial score (nSPS) is 27.9. The lowest BCUT2D eigenvalue weighted by Crippen LogP contribution is -2.31. The molecule has 1 aliphatic carbocycles. The van der Waals surface area contributed by atoms with Crippen LogP contribution < -0.4 is 4.90 Å². The van der Waals surface area contributed by atoms with Crippen molar-refractivity contribution in [3.63, 3.8) is 0 Å². The molecule has 0 bridgehead atoms. The average molecular weight is 389 g/mol. The molecule has 1 nitrogen and oxygen atoms in total. The predicted molar refractivity (Wildman–Crippen MR) is 97.8 cm³/mol. The molecule has 1 heterocycles. The highest BCUT2D eigenvalue weighted by Gasteiger charge is 2.40. The van der Waals surface area contributed by atoms with Gasteiger partial charge in [0, 0.05) is 27.3 Å². The highest BCUT2D eigenvalue weighted by Crippen LogP contribution is 2.50. The van der Waals surface area contributed by atoms with Crippen molar-refractivity contribution in [1.29, 1.82) is 0 Å². The van der Waals surface area contributed by atoms with Crippen molar-refractivity contribution >= 4 is 34.0 Å². The van der Waals surface area contributed by atoms with Crippen molar-refractivity contribution in [3.8, 4) is 0 Å². The fourth-order valence-electron chi connectivity index (χ4n) is 4.06. The zero-order chi connectivity index (χ0) is 14.2. The maximum atomic E-state index is 2.66. The van der Waals surface area contributed by atoms with Crippen molar-refractivity contribution in [2.45, 2.75) is 41.6 Å². The number of fused-ring (bicyclic) bond motifs is 3. The van der Waals surface area contributed by atoms with E-state index in [2.05, 4.69) is 82.1 Å². The van der Waals surface area contributed by atoms with Gasteiger partial charge in [-0.3, -0.25) is 0 Å². The summed E-state index contributed by atoms with van der Waals surface area (Å²) in [5, 5.41) is 0. The molecule has 0 saturated heterocycles. The van der Waals surface area contributed by atoms with Gasteiger partial charge >= 0.3 is 0 Å². The number of benzene rings is 2. The summed E-state index contributed by atoms with van der Waals surface area (Å²) in [6.45, 7) is 0. The van der Waals surface area contributed by atoms with Gasteiger partial charge in [-0.1, -0.05) is 65.4 Å². The molecule has 108 valence electrons. The number of alkyl halides is 1. The number of halogens is 1. The molecule has 2 unspecified atom stereocenters. The Labute approximate surface area is 140 Å². The van der Waals surface area contributed by atoms with E-state index in [4.69, 9.17) is 0 Å². The minimum absolute atomic E-state index is 0.634. The fraction of sp³-hybridized carbons (Fsp3) is 0.368. The van der Waals surface area contributed by atoms with Crippen LogP contribution >= 0.6 is 22.6 Å². The first-order valence-electron chi connectivity index (χ1n) is 7.92. The highest BCUT2D eigenvalue weighted by atomic mass is 127. The Morgan fingerprint density at radius 2 is 1.67 bits per heavy atom. The van der Waals surface area contributed by atoms with Gasteiger partial charge in [0.2, 0.25) is 0 Å². The number of hydrogen-bond acceptors (Lipinski definition) is 1. The molecule has 0 spiro atoms. The van der Waals surface area contributed by atoms with E-state index in [9.17, 15) is 0 Å². The molecular weight excluding hydrogens is 369 g/mol. The van der Waals surface area contributed by atoms with Crippen LogP contribution in [0.15, 0.2) is 54.6 Å². The Bertz CT molecular complexity index is 624. The van der Waals surface area contributed by atoms with Gasteiger partial charge in [0.25, 0.3) is 0 Å². The molecular formula is C19H20IN. The maximum absolute atomic E-state index is 2.66. The van der Waals surface area contributed by atoms with E-state index in [1.807, 2.05) is 0 Å². The van der Waals surface area contributed by atoms with Crippen LogP contribution in [0, 0.1) is 0 Å². The monoisotopic (exact) mass is 389 g/mol. The molecule has 1 saturated carbocycles. The topological polar surface area (TPSA) is 3.24 Å². The number of hydrogen-bond donors (Lipinski definition) is 0. The molecule has 1 fully saturated rings. The molecule has 2 aromatic rings. The molecule has 0 aromatic heterocycles. The molecule has 0 amide bonds. The summed E-state index contributed by atoms with van der Waals surface area (Å²) in [5.74, 6) is 0.709. The Hall–Kier alpha value is -1.03. The number of para-hydroxylation sites is 2. The Morgan fingerprint density at radius 3 is 2.52 bits per heavy atom. The van der Waals surface area contributed by atoms with Crippen LogP contribution in [-0.4, -0.2) is 9.97 Å². The van der Waals surface area contributed by atoms with Gasteiger partial charge in [-0.05, 0) is 43.0 Å². The minimum atomic E-state index is 0.634. The van der Waals surface area contributed by atoms with Gasteiger partial charge in [0.15, 0.2) is 0 Å². The third-order valence-corrected chi connectivity index (χ3v) is 6.09. The van der Waals surface area contributed by atoms with Gasteiger partial charge in [0.05, 0.1) is 0 Å². The van der Waals surface area contributed by atoms with Crippen LogP contribution in [-0.2, 0) is 0 Å². The average Bonchev–Trinajstić information content (AvgIpc) is 2.68. The summed E-state index contributed by atoms with van der Waals surface area (Å²) < 4.78 is 0.804. The molecule has 21 heavy (non-hydrogen) atoms. The van der Waals surface area contributed by atoms with Crippen molar-refractivity contribution in [2.75, 3.05) is 4.90 Å². The van der Waals surface area contributed by atoms with Crippen LogP contribution in [0.5, 0.6) is 0 Å². The number of nitrogens with zero attached hydrogens (tertiary/aromatic N) is 1. The lowest BCUT2D eigenvalue weighted by molar-refractivity contribution is 0.533. The second-order valence-electron chi connectivity index (χ2n) is 6.20. The Balaban J connectivity index is 1.83. The third kappa shape index (κ3) is 2.37. The van der Waals surface area contributed by atoms with Crippen LogP contribution in [0.4, 0.5) is 11.4 Å². The fourth-order valence-corrected chi connectivity index (χ4v) is 5.02. The molecule has 2 aliphatic rings. The zero-order valence-electron chi connectivity index (χ0n) is 12.1. The van der Waals surface area contributed by atoms with E-state index in [0.717, 1.165) is 3.92 Å². The van der Waals surface area contributed by atoms with E-state index in [1.54, 1.807) is 5.56 Å². The molecule has 2 aromatic carbocycles.